The number of hydrogen-bond donors (Lipinski definition) is 4. The second kappa shape index (κ2) is 11.6. The topological polar surface area (TPSA) is 113 Å². The molecule has 8 N–H and O–H groups in total. The summed E-state index contributed by atoms with van der Waals surface area (Å²) in [4.78, 5) is 0. The van der Waals surface area contributed by atoms with E-state index in [4.69, 9.17) is 27.7 Å². The van der Waals surface area contributed by atoms with Gasteiger partial charge < -0.3 is 27.7 Å². The summed E-state index contributed by atoms with van der Waals surface area (Å²) in [7, 11) is 0. The van der Waals surface area contributed by atoms with Crippen molar-refractivity contribution in [1.29, 1.82) is 0 Å². The van der Waals surface area contributed by atoms with Crippen molar-refractivity contribution in [3.63, 3.8) is 0 Å². The minimum atomic E-state index is -0.259. The van der Waals surface area contributed by atoms with Gasteiger partial charge in [-0.05, 0) is 53.6 Å². The molecule has 0 aliphatic carbocycles. The molecule has 0 aliphatic heterocycles. The highest BCUT2D eigenvalue weighted by atomic mass is 16.5. The third kappa shape index (κ3) is 27.1. The van der Waals surface area contributed by atoms with Gasteiger partial charge in [0, 0.05) is 11.1 Å². The molecule has 0 aliphatic rings. The van der Waals surface area contributed by atoms with Gasteiger partial charge in [-0.25, -0.2) is 0 Å². The largest absolute Gasteiger partial charge is 0.378 e. The van der Waals surface area contributed by atoms with Crippen molar-refractivity contribution in [3.8, 4) is 0 Å². The van der Waals surface area contributed by atoms with Crippen LogP contribution in [0, 0.1) is 0 Å². The van der Waals surface area contributed by atoms with E-state index in [1.807, 2.05) is 27.7 Å². The molecule has 0 aromatic carbocycles. The Kier molecular flexibility index (Phi) is 12.9. The van der Waals surface area contributed by atoms with Crippen LogP contribution in [0.1, 0.15) is 53.4 Å². The van der Waals surface area contributed by atoms with Gasteiger partial charge in [0.25, 0.3) is 0 Å². The second-order valence-electron chi connectivity index (χ2n) is 6.46. The summed E-state index contributed by atoms with van der Waals surface area (Å²) < 4.78 is 5.31. The zero-order valence-electron chi connectivity index (χ0n) is 13.4. The second-order valence-corrected chi connectivity index (χ2v) is 6.46. The first-order valence-electron chi connectivity index (χ1n) is 7.18. The molecule has 0 fully saturated rings. The Bertz CT molecular complexity index is 165. The molecule has 0 radical (unpaired) electrons. The SMILES string of the molecule is CC(C)(N)COCC(C)(C)N.NCCCCCCN. The Balaban J connectivity index is 0. The lowest BCUT2D eigenvalue weighted by Gasteiger charge is -2.23. The molecular weight excluding hydrogens is 240 g/mol. The number of rotatable bonds is 9. The molecule has 0 atom stereocenters. The lowest BCUT2D eigenvalue weighted by molar-refractivity contribution is 0.0680. The van der Waals surface area contributed by atoms with E-state index in [2.05, 4.69) is 0 Å². The summed E-state index contributed by atoms with van der Waals surface area (Å²) in [6, 6.07) is 0. The normalized spacial score (nSPS) is 12.0. The van der Waals surface area contributed by atoms with Crippen LogP contribution in [0.5, 0.6) is 0 Å². The zero-order chi connectivity index (χ0) is 15.4. The molecule has 0 aromatic heterocycles. The Hall–Kier alpha value is -0.200. The molecule has 0 bridgehead atoms. The van der Waals surface area contributed by atoms with Gasteiger partial charge in [-0.1, -0.05) is 12.8 Å². The van der Waals surface area contributed by atoms with E-state index < -0.39 is 0 Å². The first-order chi connectivity index (χ1) is 8.62. The van der Waals surface area contributed by atoms with E-state index in [0.717, 1.165) is 25.9 Å². The van der Waals surface area contributed by atoms with E-state index in [9.17, 15) is 0 Å². The Morgan fingerprint density at radius 1 is 0.684 bits per heavy atom. The highest BCUT2D eigenvalue weighted by Gasteiger charge is 2.14. The van der Waals surface area contributed by atoms with Crippen molar-refractivity contribution in [2.75, 3.05) is 26.3 Å². The van der Waals surface area contributed by atoms with E-state index in [-0.39, 0.29) is 11.1 Å². The fraction of sp³-hybridized carbons (Fsp3) is 1.00. The fourth-order valence-electron chi connectivity index (χ4n) is 1.22. The maximum atomic E-state index is 5.70. The molecule has 0 heterocycles. The lowest BCUT2D eigenvalue weighted by Crippen LogP contribution is -2.42. The van der Waals surface area contributed by atoms with E-state index in [0.29, 0.717) is 13.2 Å². The molecule has 5 heteroatoms. The van der Waals surface area contributed by atoms with Crippen molar-refractivity contribution < 1.29 is 4.74 Å². The zero-order valence-corrected chi connectivity index (χ0v) is 13.4. The molecule has 0 unspecified atom stereocenters. The molecule has 0 aromatic rings. The number of hydrogen-bond acceptors (Lipinski definition) is 5. The maximum Gasteiger partial charge on any atom is 0.0641 e. The summed E-state index contributed by atoms with van der Waals surface area (Å²) in [6.45, 7) is 10.5. The molecule has 0 saturated heterocycles. The third-order valence-corrected chi connectivity index (χ3v) is 2.11. The van der Waals surface area contributed by atoms with Gasteiger partial charge in [-0.2, -0.15) is 0 Å². The molecule has 118 valence electrons. The van der Waals surface area contributed by atoms with Gasteiger partial charge >= 0.3 is 0 Å². The van der Waals surface area contributed by atoms with Gasteiger partial charge in [0.2, 0.25) is 0 Å². The molecule has 5 nitrogen and oxygen atoms in total. The first-order valence-corrected chi connectivity index (χ1v) is 7.18. The minimum Gasteiger partial charge on any atom is -0.378 e. The van der Waals surface area contributed by atoms with Crippen LogP contribution in [0.4, 0.5) is 0 Å². The Morgan fingerprint density at radius 3 is 1.21 bits per heavy atom. The smallest absolute Gasteiger partial charge is 0.0641 e. The Labute approximate surface area is 119 Å². The summed E-state index contributed by atoms with van der Waals surface area (Å²) >= 11 is 0. The van der Waals surface area contributed by atoms with Crippen LogP contribution in [0.25, 0.3) is 0 Å². The lowest BCUT2D eigenvalue weighted by atomic mass is 10.1. The number of unbranched alkanes of at least 4 members (excludes halogenated alkanes) is 3. The minimum absolute atomic E-state index is 0.259. The first kappa shape index (κ1) is 21.1. The van der Waals surface area contributed by atoms with Gasteiger partial charge in [-0.3, -0.25) is 0 Å². The molecule has 0 amide bonds. The highest BCUT2D eigenvalue weighted by molar-refractivity contribution is 4.74. The van der Waals surface area contributed by atoms with Gasteiger partial charge in [0.1, 0.15) is 0 Å². The van der Waals surface area contributed by atoms with E-state index in [1.54, 1.807) is 0 Å². The van der Waals surface area contributed by atoms with Crippen LogP contribution < -0.4 is 22.9 Å². The van der Waals surface area contributed by atoms with Crippen molar-refractivity contribution in [2.24, 2.45) is 22.9 Å². The van der Waals surface area contributed by atoms with Crippen molar-refractivity contribution >= 4 is 0 Å². The Morgan fingerprint density at radius 2 is 1.00 bits per heavy atom. The van der Waals surface area contributed by atoms with Crippen LogP contribution in [0.15, 0.2) is 0 Å². The predicted octanol–water partition coefficient (Wildman–Crippen LogP) is 0.942. The molecule has 0 saturated carbocycles. The number of ether oxygens (including phenoxy) is 1. The van der Waals surface area contributed by atoms with Crippen molar-refractivity contribution in [3.05, 3.63) is 0 Å². The summed E-state index contributed by atoms with van der Waals surface area (Å²) in [6.07, 6.45) is 4.79. The van der Waals surface area contributed by atoms with E-state index >= 15 is 0 Å². The monoisotopic (exact) mass is 276 g/mol. The molecular formula is C14H36N4O. The highest BCUT2D eigenvalue weighted by Crippen LogP contribution is 2.01. The standard InChI is InChI=1S/C8H20N2O.C6H16N2/c1-7(2,9)5-11-6-8(3,4)10;7-5-3-1-2-4-6-8/h5-6,9-10H2,1-4H3;1-8H2. The summed E-state index contributed by atoms with van der Waals surface area (Å²) in [5.74, 6) is 0. The predicted molar refractivity (Wildman–Crippen MR) is 83.9 cm³/mol. The average molecular weight is 276 g/mol. The van der Waals surface area contributed by atoms with Crippen molar-refractivity contribution in [2.45, 2.75) is 64.5 Å². The molecule has 19 heavy (non-hydrogen) atoms. The molecule has 0 spiro atoms. The summed E-state index contributed by atoms with van der Waals surface area (Å²) in [5.41, 5.74) is 21.4. The van der Waals surface area contributed by atoms with Gasteiger partial charge in [0.15, 0.2) is 0 Å². The van der Waals surface area contributed by atoms with Crippen molar-refractivity contribution in [1.82, 2.24) is 0 Å². The van der Waals surface area contributed by atoms with Crippen LogP contribution in [0.2, 0.25) is 0 Å². The number of nitrogens with two attached hydrogens (primary N) is 4. The van der Waals surface area contributed by atoms with E-state index in [1.165, 1.54) is 12.8 Å². The average Bonchev–Trinajstić information content (AvgIpc) is 2.21. The van der Waals surface area contributed by atoms with Crippen LogP contribution >= 0.6 is 0 Å². The maximum absolute atomic E-state index is 5.70. The quantitative estimate of drug-likeness (QED) is 0.468. The van der Waals surface area contributed by atoms with Crippen LogP contribution in [0.3, 0.4) is 0 Å². The molecule has 0 rings (SSSR count). The van der Waals surface area contributed by atoms with Gasteiger partial charge in [0.05, 0.1) is 13.2 Å². The summed E-state index contributed by atoms with van der Waals surface area (Å²) in [5, 5.41) is 0. The third-order valence-electron chi connectivity index (χ3n) is 2.11. The van der Waals surface area contributed by atoms with Crippen LogP contribution in [-0.2, 0) is 4.74 Å². The van der Waals surface area contributed by atoms with Gasteiger partial charge in [-0.15, -0.1) is 0 Å². The van der Waals surface area contributed by atoms with Crippen LogP contribution in [-0.4, -0.2) is 37.4 Å². The fourth-order valence-corrected chi connectivity index (χ4v) is 1.22.